The van der Waals surface area contributed by atoms with E-state index in [1.165, 1.54) is 23.1 Å². The van der Waals surface area contributed by atoms with E-state index in [1.807, 2.05) is 0 Å². The first-order chi connectivity index (χ1) is 15.7. The maximum atomic E-state index is 12.9. The van der Waals surface area contributed by atoms with E-state index in [0.717, 1.165) is 11.8 Å². The number of aliphatic carboxylic acids is 1. The van der Waals surface area contributed by atoms with Gasteiger partial charge in [-0.3, -0.25) is 9.69 Å². The number of amides is 1. The molecule has 1 saturated heterocycles. The van der Waals surface area contributed by atoms with Crippen LogP contribution in [-0.4, -0.2) is 55.9 Å². The summed E-state index contributed by atoms with van der Waals surface area (Å²) in [6.07, 6.45) is 0.886. The van der Waals surface area contributed by atoms with Crippen LogP contribution < -0.4 is 4.74 Å². The number of aromatic carboxylic acids is 1. The third-order valence-electron chi connectivity index (χ3n) is 4.76. The summed E-state index contributed by atoms with van der Waals surface area (Å²) in [5.74, 6) is -2.70. The highest BCUT2D eigenvalue weighted by molar-refractivity contribution is 8.18. The number of aromatic hydroxyl groups is 1. The molecule has 3 rings (SSSR count). The molecule has 0 radical (unpaired) electrons. The maximum Gasteiger partial charge on any atom is 0.344 e. The molecule has 1 amide bonds. The minimum absolute atomic E-state index is 0.245. The molecule has 0 saturated carbocycles. The minimum Gasteiger partial charge on any atom is -0.507 e. The number of phenols is 1. The Morgan fingerprint density at radius 1 is 1.18 bits per heavy atom. The Hall–Kier alpha value is -3.79. The van der Waals surface area contributed by atoms with Gasteiger partial charge in [0.1, 0.15) is 17.1 Å². The Morgan fingerprint density at radius 2 is 1.91 bits per heavy atom. The average molecular weight is 471 g/mol. The van der Waals surface area contributed by atoms with Crippen molar-refractivity contribution in [1.29, 1.82) is 0 Å². The topological polar surface area (TPSA) is 137 Å². The zero-order valence-corrected chi connectivity index (χ0v) is 18.7. The van der Waals surface area contributed by atoms with Crippen molar-refractivity contribution in [3.8, 4) is 11.5 Å². The lowest BCUT2D eigenvalue weighted by atomic mass is 10.1. The van der Waals surface area contributed by atoms with Gasteiger partial charge in [0, 0.05) is 18.2 Å². The molecule has 0 spiro atoms. The third kappa shape index (κ3) is 5.35. The standard InChI is InChI=1S/C23H22N2O7S/c1-3-17(22(30)31)32-18-8-6-5-7-13(18)11-19-20(27)25(4-2)23(33-19)24-14-9-10-15(21(28)29)16(26)12-14/h5-12,17,26H,3-4H2,1-2H3,(H,28,29)(H,30,31)/b19-11-,24-23?. The summed E-state index contributed by atoms with van der Waals surface area (Å²) in [6, 6.07) is 10.7. The van der Waals surface area contributed by atoms with Gasteiger partial charge in [0.15, 0.2) is 11.3 Å². The van der Waals surface area contributed by atoms with Gasteiger partial charge in [0.05, 0.1) is 10.6 Å². The lowest BCUT2D eigenvalue weighted by Crippen LogP contribution is -2.28. The number of nitrogens with zero attached hydrogens (tertiary/aromatic N) is 2. The number of carbonyl (C=O) groups is 3. The van der Waals surface area contributed by atoms with Gasteiger partial charge in [-0.2, -0.15) is 0 Å². The second-order valence-corrected chi connectivity index (χ2v) is 7.96. The van der Waals surface area contributed by atoms with E-state index in [1.54, 1.807) is 44.2 Å². The lowest BCUT2D eigenvalue weighted by Gasteiger charge is -2.15. The Morgan fingerprint density at radius 3 is 2.52 bits per heavy atom. The molecule has 9 nitrogen and oxygen atoms in total. The van der Waals surface area contributed by atoms with Crippen molar-refractivity contribution in [3.05, 3.63) is 58.5 Å². The molecular weight excluding hydrogens is 448 g/mol. The molecule has 0 aromatic heterocycles. The second-order valence-electron chi connectivity index (χ2n) is 6.95. The molecule has 1 fully saturated rings. The molecule has 3 N–H and O–H groups in total. The maximum absolute atomic E-state index is 12.9. The molecule has 2 aromatic carbocycles. The summed E-state index contributed by atoms with van der Waals surface area (Å²) in [5.41, 5.74) is 0.600. The predicted molar refractivity (Wildman–Crippen MR) is 124 cm³/mol. The second kappa shape index (κ2) is 10.2. The minimum atomic E-state index is -1.26. The number of hydrogen-bond donors (Lipinski definition) is 3. The van der Waals surface area contributed by atoms with Crippen LogP contribution in [0.4, 0.5) is 5.69 Å². The van der Waals surface area contributed by atoms with Gasteiger partial charge in [-0.25, -0.2) is 14.6 Å². The molecule has 10 heteroatoms. The molecule has 1 unspecified atom stereocenters. The fourth-order valence-corrected chi connectivity index (χ4v) is 4.11. The van der Waals surface area contributed by atoms with E-state index in [9.17, 15) is 24.6 Å². The number of rotatable bonds is 8. The number of likely N-dealkylation sites (N-methyl/N-ethyl adjacent to an activating group) is 1. The number of thioether (sulfide) groups is 1. The molecule has 1 aliphatic heterocycles. The van der Waals surface area contributed by atoms with Crippen molar-refractivity contribution in [2.24, 2.45) is 4.99 Å². The third-order valence-corrected chi connectivity index (χ3v) is 5.77. The number of para-hydroxylation sites is 1. The van der Waals surface area contributed by atoms with E-state index in [-0.39, 0.29) is 17.9 Å². The zero-order valence-electron chi connectivity index (χ0n) is 17.9. The van der Waals surface area contributed by atoms with Crippen molar-refractivity contribution in [2.75, 3.05) is 6.54 Å². The van der Waals surface area contributed by atoms with Gasteiger partial charge < -0.3 is 20.1 Å². The monoisotopic (exact) mass is 470 g/mol. The molecule has 33 heavy (non-hydrogen) atoms. The smallest absolute Gasteiger partial charge is 0.344 e. The van der Waals surface area contributed by atoms with E-state index in [4.69, 9.17) is 9.84 Å². The average Bonchev–Trinajstić information content (AvgIpc) is 3.06. The Kier molecular flexibility index (Phi) is 7.39. The SMILES string of the molecule is CCC(Oc1ccccc1/C=C1\SC(=Nc2ccc(C(=O)O)c(O)c2)N(CC)C1=O)C(=O)O. The summed E-state index contributed by atoms with van der Waals surface area (Å²) in [7, 11) is 0. The van der Waals surface area contributed by atoms with Crippen molar-refractivity contribution in [2.45, 2.75) is 26.4 Å². The predicted octanol–water partition coefficient (Wildman–Crippen LogP) is 3.96. The summed E-state index contributed by atoms with van der Waals surface area (Å²) < 4.78 is 5.64. The zero-order chi connectivity index (χ0) is 24.1. The van der Waals surface area contributed by atoms with Crippen LogP contribution in [0.15, 0.2) is 52.4 Å². The first kappa shape index (κ1) is 23.9. The fraction of sp³-hybridized carbons (Fsp3) is 0.217. The number of hydrogen-bond acceptors (Lipinski definition) is 7. The fourth-order valence-electron chi connectivity index (χ4n) is 3.06. The number of carboxylic acids is 2. The molecule has 0 bridgehead atoms. The van der Waals surface area contributed by atoms with E-state index < -0.39 is 23.8 Å². The molecule has 0 aliphatic carbocycles. The van der Waals surface area contributed by atoms with Crippen molar-refractivity contribution in [1.82, 2.24) is 4.90 Å². The largest absolute Gasteiger partial charge is 0.507 e. The van der Waals surface area contributed by atoms with Crippen LogP contribution in [0.3, 0.4) is 0 Å². The van der Waals surface area contributed by atoms with Gasteiger partial charge in [0.25, 0.3) is 5.91 Å². The molecule has 1 heterocycles. The van der Waals surface area contributed by atoms with Gasteiger partial charge in [-0.05, 0) is 49.4 Å². The number of carbonyl (C=O) groups excluding carboxylic acids is 1. The number of aliphatic imine (C=N–C) groups is 1. The van der Waals surface area contributed by atoms with Crippen LogP contribution >= 0.6 is 11.8 Å². The van der Waals surface area contributed by atoms with E-state index >= 15 is 0 Å². The normalized spacial score (nSPS) is 16.9. The Bertz CT molecular complexity index is 1160. The highest BCUT2D eigenvalue weighted by Crippen LogP contribution is 2.36. The molecule has 1 atom stereocenters. The van der Waals surface area contributed by atoms with Crippen LogP contribution in [0, 0.1) is 0 Å². The van der Waals surface area contributed by atoms with Gasteiger partial charge >= 0.3 is 11.9 Å². The molecule has 172 valence electrons. The summed E-state index contributed by atoms with van der Waals surface area (Å²) in [6.45, 7) is 3.84. The highest BCUT2D eigenvalue weighted by Gasteiger charge is 2.32. The molecule has 1 aliphatic rings. The van der Waals surface area contributed by atoms with Crippen LogP contribution in [-0.2, 0) is 9.59 Å². The van der Waals surface area contributed by atoms with E-state index in [2.05, 4.69) is 4.99 Å². The Balaban J connectivity index is 1.93. The summed E-state index contributed by atoms with van der Waals surface area (Å²) >= 11 is 1.11. The van der Waals surface area contributed by atoms with Crippen LogP contribution in [0.25, 0.3) is 6.08 Å². The van der Waals surface area contributed by atoms with Crippen molar-refractivity contribution < 1.29 is 34.4 Å². The lowest BCUT2D eigenvalue weighted by molar-refractivity contribution is -0.145. The number of benzene rings is 2. The number of carboxylic acid groups (broad SMARTS) is 2. The van der Waals surface area contributed by atoms with Crippen LogP contribution in [0.2, 0.25) is 0 Å². The van der Waals surface area contributed by atoms with Gasteiger partial charge in [-0.1, -0.05) is 25.1 Å². The quantitative estimate of drug-likeness (QED) is 0.493. The van der Waals surface area contributed by atoms with Crippen molar-refractivity contribution in [3.63, 3.8) is 0 Å². The number of amidine groups is 1. The molecule has 2 aromatic rings. The highest BCUT2D eigenvalue weighted by atomic mass is 32.2. The van der Waals surface area contributed by atoms with Gasteiger partial charge in [-0.15, -0.1) is 0 Å². The first-order valence-corrected chi connectivity index (χ1v) is 10.9. The van der Waals surface area contributed by atoms with Crippen LogP contribution in [0.1, 0.15) is 36.2 Å². The molecular formula is C23H22N2O7S. The number of ether oxygens (including phenoxy) is 1. The Labute approximate surface area is 194 Å². The van der Waals surface area contributed by atoms with Crippen LogP contribution in [0.5, 0.6) is 11.5 Å². The summed E-state index contributed by atoms with van der Waals surface area (Å²) in [5, 5.41) is 28.6. The van der Waals surface area contributed by atoms with Gasteiger partial charge in [0.2, 0.25) is 0 Å². The summed E-state index contributed by atoms with van der Waals surface area (Å²) in [4.78, 5) is 41.6. The van der Waals surface area contributed by atoms with Crippen molar-refractivity contribution >= 4 is 46.5 Å². The van der Waals surface area contributed by atoms with E-state index in [0.29, 0.717) is 33.6 Å². The first-order valence-electron chi connectivity index (χ1n) is 10.1.